The van der Waals surface area contributed by atoms with Gasteiger partial charge in [-0.2, -0.15) is 0 Å². The van der Waals surface area contributed by atoms with Crippen LogP contribution < -0.4 is 5.32 Å². The number of hydrogen-bond donors (Lipinski definition) is 2. The van der Waals surface area contributed by atoms with E-state index in [4.69, 9.17) is 16.7 Å². The van der Waals surface area contributed by atoms with Crippen LogP contribution in [-0.4, -0.2) is 17.0 Å². The third kappa shape index (κ3) is 2.91. The fraction of sp³-hybridized carbons (Fsp3) is 0. The van der Waals surface area contributed by atoms with Crippen molar-refractivity contribution in [2.75, 3.05) is 5.32 Å². The number of aromatic carboxylic acids is 1. The highest BCUT2D eigenvalue weighted by atomic mass is 35.5. The molecule has 0 spiro atoms. The van der Waals surface area contributed by atoms with Crippen LogP contribution in [0.3, 0.4) is 0 Å². The van der Waals surface area contributed by atoms with Crippen molar-refractivity contribution in [3.8, 4) is 0 Å². The predicted molar refractivity (Wildman–Crippen MR) is 70.6 cm³/mol. The van der Waals surface area contributed by atoms with Gasteiger partial charge in [-0.3, -0.25) is 4.79 Å². The molecule has 2 aromatic rings. The van der Waals surface area contributed by atoms with Gasteiger partial charge in [0.1, 0.15) is 10.7 Å². The van der Waals surface area contributed by atoms with E-state index in [0.717, 1.165) is 17.4 Å². The van der Waals surface area contributed by atoms with E-state index in [-0.39, 0.29) is 21.2 Å². The number of nitrogens with one attached hydrogen (secondary N) is 1. The topological polar surface area (TPSA) is 66.4 Å². The quantitative estimate of drug-likeness (QED) is 0.911. The van der Waals surface area contributed by atoms with Crippen molar-refractivity contribution < 1.29 is 19.1 Å². The molecule has 0 radical (unpaired) electrons. The smallest absolute Gasteiger partial charge is 0.348 e. The van der Waals surface area contributed by atoms with Gasteiger partial charge in [0.25, 0.3) is 5.91 Å². The second kappa shape index (κ2) is 5.38. The largest absolute Gasteiger partial charge is 0.477 e. The number of anilines is 1. The molecule has 1 amide bonds. The van der Waals surface area contributed by atoms with Crippen molar-refractivity contribution in [1.82, 2.24) is 0 Å². The Morgan fingerprint density at radius 1 is 1.32 bits per heavy atom. The average Bonchev–Trinajstić information content (AvgIpc) is 2.80. The minimum absolute atomic E-state index is 0.0165. The summed E-state index contributed by atoms with van der Waals surface area (Å²) in [6.45, 7) is 0. The molecule has 0 saturated carbocycles. The molecule has 0 bridgehead atoms. The van der Waals surface area contributed by atoms with Crippen LogP contribution in [0.4, 0.5) is 10.1 Å². The first-order valence-corrected chi connectivity index (χ1v) is 6.32. The molecule has 0 unspecified atom stereocenters. The maximum atomic E-state index is 13.2. The van der Waals surface area contributed by atoms with E-state index >= 15 is 0 Å². The lowest BCUT2D eigenvalue weighted by atomic mass is 10.2. The molecule has 1 heterocycles. The summed E-state index contributed by atoms with van der Waals surface area (Å²) >= 11 is 6.50. The molecule has 0 aliphatic heterocycles. The van der Waals surface area contributed by atoms with Crippen LogP contribution in [0.1, 0.15) is 20.0 Å². The standard InChI is InChI=1S/C12H7ClFNO3S/c13-7-2-1-6(5-8(7)14)11(16)15-9-3-4-19-10(9)12(17)18/h1-5H,(H,15,16)(H,17,18). The Hall–Kier alpha value is -1.92. The highest BCUT2D eigenvalue weighted by Crippen LogP contribution is 2.23. The molecular weight excluding hydrogens is 293 g/mol. The normalized spacial score (nSPS) is 10.2. The number of carboxylic acids is 1. The van der Waals surface area contributed by atoms with Crippen LogP contribution in [0.15, 0.2) is 29.6 Å². The SMILES string of the molecule is O=C(Nc1ccsc1C(=O)O)c1ccc(Cl)c(F)c1. The van der Waals surface area contributed by atoms with Crippen LogP contribution in [-0.2, 0) is 0 Å². The molecule has 0 aliphatic rings. The number of carboxylic acid groups (broad SMARTS) is 1. The number of halogens is 2. The third-order valence-electron chi connectivity index (χ3n) is 2.29. The summed E-state index contributed by atoms with van der Waals surface area (Å²) in [6, 6.07) is 5.08. The van der Waals surface area contributed by atoms with Gasteiger partial charge in [-0.25, -0.2) is 9.18 Å². The summed E-state index contributed by atoms with van der Waals surface area (Å²) < 4.78 is 13.2. The van der Waals surface area contributed by atoms with Crippen LogP contribution in [0.25, 0.3) is 0 Å². The number of rotatable bonds is 3. The molecular formula is C12H7ClFNO3S. The molecule has 0 atom stereocenters. The first-order valence-electron chi connectivity index (χ1n) is 5.06. The number of carbonyl (C=O) groups excluding carboxylic acids is 1. The molecule has 0 aliphatic carbocycles. The molecule has 2 rings (SSSR count). The van der Waals surface area contributed by atoms with Crippen molar-refractivity contribution in [1.29, 1.82) is 0 Å². The van der Waals surface area contributed by atoms with Gasteiger partial charge in [0.15, 0.2) is 0 Å². The van der Waals surface area contributed by atoms with E-state index < -0.39 is 17.7 Å². The summed E-state index contributed by atoms with van der Waals surface area (Å²) in [5.74, 6) is -2.44. The van der Waals surface area contributed by atoms with E-state index in [9.17, 15) is 14.0 Å². The first-order chi connectivity index (χ1) is 8.99. The van der Waals surface area contributed by atoms with Crippen molar-refractivity contribution in [3.63, 3.8) is 0 Å². The maximum absolute atomic E-state index is 13.2. The van der Waals surface area contributed by atoms with E-state index in [2.05, 4.69) is 5.32 Å². The molecule has 2 N–H and O–H groups in total. The van der Waals surface area contributed by atoms with Gasteiger partial charge in [0.2, 0.25) is 0 Å². The lowest BCUT2D eigenvalue weighted by Gasteiger charge is -2.05. The van der Waals surface area contributed by atoms with Gasteiger partial charge in [-0.15, -0.1) is 11.3 Å². The van der Waals surface area contributed by atoms with Crippen LogP contribution in [0.2, 0.25) is 5.02 Å². The Bertz CT molecular complexity index is 656. The Morgan fingerprint density at radius 2 is 2.05 bits per heavy atom. The summed E-state index contributed by atoms with van der Waals surface area (Å²) in [5.41, 5.74) is 0.238. The van der Waals surface area contributed by atoms with Gasteiger partial charge in [0.05, 0.1) is 10.7 Å². The Morgan fingerprint density at radius 3 is 2.68 bits per heavy atom. The van der Waals surface area contributed by atoms with E-state index in [0.29, 0.717) is 0 Å². The fourth-order valence-electron chi connectivity index (χ4n) is 1.41. The Labute approximate surface area is 116 Å². The van der Waals surface area contributed by atoms with Crippen molar-refractivity contribution in [3.05, 3.63) is 50.9 Å². The lowest BCUT2D eigenvalue weighted by Crippen LogP contribution is -2.13. The number of amides is 1. The molecule has 19 heavy (non-hydrogen) atoms. The van der Waals surface area contributed by atoms with E-state index in [1.54, 1.807) is 5.38 Å². The van der Waals surface area contributed by atoms with Crippen molar-refractivity contribution in [2.45, 2.75) is 0 Å². The van der Waals surface area contributed by atoms with E-state index in [1.807, 2.05) is 0 Å². The molecule has 7 heteroatoms. The predicted octanol–water partition coefficient (Wildman–Crippen LogP) is 3.49. The molecule has 4 nitrogen and oxygen atoms in total. The number of thiophene rings is 1. The Kier molecular flexibility index (Phi) is 3.82. The summed E-state index contributed by atoms with van der Waals surface area (Å²) in [4.78, 5) is 22.7. The summed E-state index contributed by atoms with van der Waals surface area (Å²) in [6.07, 6.45) is 0. The summed E-state index contributed by atoms with van der Waals surface area (Å²) in [5, 5.41) is 12.8. The molecule has 0 saturated heterocycles. The van der Waals surface area contributed by atoms with Crippen LogP contribution in [0.5, 0.6) is 0 Å². The van der Waals surface area contributed by atoms with Crippen LogP contribution in [0, 0.1) is 5.82 Å². The van der Waals surface area contributed by atoms with Crippen molar-refractivity contribution >= 4 is 40.5 Å². The minimum Gasteiger partial charge on any atom is -0.477 e. The van der Waals surface area contributed by atoms with Gasteiger partial charge in [0, 0.05) is 5.56 Å². The fourth-order valence-corrected chi connectivity index (χ4v) is 2.21. The molecule has 1 aromatic carbocycles. The van der Waals surface area contributed by atoms with Gasteiger partial charge in [-0.1, -0.05) is 11.6 Å². The zero-order valence-electron chi connectivity index (χ0n) is 9.31. The van der Waals surface area contributed by atoms with Gasteiger partial charge >= 0.3 is 5.97 Å². The summed E-state index contributed by atoms with van der Waals surface area (Å²) in [7, 11) is 0. The van der Waals surface area contributed by atoms with Gasteiger partial charge in [-0.05, 0) is 29.6 Å². The second-order valence-corrected chi connectivity index (χ2v) is 4.87. The molecule has 98 valence electrons. The van der Waals surface area contributed by atoms with Crippen molar-refractivity contribution in [2.24, 2.45) is 0 Å². The number of benzene rings is 1. The second-order valence-electron chi connectivity index (χ2n) is 3.55. The average molecular weight is 300 g/mol. The molecule has 1 aromatic heterocycles. The first kappa shape index (κ1) is 13.5. The minimum atomic E-state index is -1.13. The highest BCUT2D eigenvalue weighted by Gasteiger charge is 2.15. The van der Waals surface area contributed by atoms with Gasteiger partial charge < -0.3 is 10.4 Å². The zero-order valence-corrected chi connectivity index (χ0v) is 10.9. The highest BCUT2D eigenvalue weighted by molar-refractivity contribution is 7.12. The lowest BCUT2D eigenvalue weighted by molar-refractivity contribution is 0.0703. The Balaban J connectivity index is 2.23. The number of hydrogen-bond acceptors (Lipinski definition) is 3. The maximum Gasteiger partial charge on any atom is 0.348 e. The zero-order chi connectivity index (χ0) is 14.0. The van der Waals surface area contributed by atoms with Crippen LogP contribution >= 0.6 is 22.9 Å². The third-order valence-corrected chi connectivity index (χ3v) is 3.50. The molecule has 0 fully saturated rings. The monoisotopic (exact) mass is 299 g/mol. The number of carbonyl (C=O) groups is 2. The van der Waals surface area contributed by atoms with E-state index in [1.165, 1.54) is 18.2 Å².